The van der Waals surface area contributed by atoms with Gasteiger partial charge in [0.25, 0.3) is 11.8 Å². The van der Waals surface area contributed by atoms with E-state index in [2.05, 4.69) is 26.6 Å². The van der Waals surface area contributed by atoms with Gasteiger partial charge in [-0.25, -0.2) is 4.39 Å². The lowest BCUT2D eigenvalue weighted by atomic mass is 10.1. The van der Waals surface area contributed by atoms with Gasteiger partial charge in [0.2, 0.25) is 0 Å². The molecule has 3 rings (SSSR count). The molecule has 0 aliphatic rings. The third kappa shape index (κ3) is 6.84. The zero-order valence-corrected chi connectivity index (χ0v) is 20.9. The highest BCUT2D eigenvalue weighted by Crippen LogP contribution is 2.37. The Hall–Kier alpha value is -4.36. The van der Waals surface area contributed by atoms with Crippen LogP contribution >= 0.6 is 15.9 Å². The number of carbonyl (C=O) groups is 2. The van der Waals surface area contributed by atoms with Crippen LogP contribution in [0.25, 0.3) is 6.08 Å². The number of halogens is 2. The van der Waals surface area contributed by atoms with Gasteiger partial charge >= 0.3 is 0 Å². The first-order chi connectivity index (χ1) is 17.3. The largest absolute Gasteiger partial charge is 0.495 e. The number of nitriles is 1. The zero-order valence-electron chi connectivity index (χ0n) is 19.3. The van der Waals surface area contributed by atoms with Gasteiger partial charge in [-0.1, -0.05) is 12.1 Å². The molecular formula is C26H21BrFN3O5. The van der Waals surface area contributed by atoms with Crippen LogP contribution in [-0.2, 0) is 9.59 Å². The quantitative estimate of drug-likeness (QED) is 0.279. The van der Waals surface area contributed by atoms with Crippen LogP contribution in [-0.4, -0.2) is 32.6 Å². The number of benzene rings is 3. The van der Waals surface area contributed by atoms with Gasteiger partial charge in [-0.05, 0) is 76.1 Å². The molecule has 0 saturated heterocycles. The van der Waals surface area contributed by atoms with E-state index in [4.69, 9.17) is 14.2 Å². The molecule has 0 unspecified atom stereocenters. The smallest absolute Gasteiger partial charge is 0.266 e. The van der Waals surface area contributed by atoms with Gasteiger partial charge in [-0.15, -0.1) is 0 Å². The van der Waals surface area contributed by atoms with E-state index in [1.807, 2.05) is 6.07 Å². The van der Waals surface area contributed by atoms with Crippen molar-refractivity contribution in [2.45, 2.75) is 0 Å². The Morgan fingerprint density at radius 1 is 1.03 bits per heavy atom. The lowest BCUT2D eigenvalue weighted by Crippen LogP contribution is -2.20. The Morgan fingerprint density at radius 2 is 1.72 bits per heavy atom. The summed E-state index contributed by atoms with van der Waals surface area (Å²) in [5.41, 5.74) is 1.13. The number of nitrogens with zero attached hydrogens (tertiary/aromatic N) is 1. The van der Waals surface area contributed by atoms with Crippen molar-refractivity contribution >= 4 is 45.2 Å². The second-order valence-electron chi connectivity index (χ2n) is 7.20. The maximum atomic E-state index is 13.1. The van der Waals surface area contributed by atoms with Crippen molar-refractivity contribution in [3.63, 3.8) is 0 Å². The minimum atomic E-state index is -0.660. The van der Waals surface area contributed by atoms with Crippen molar-refractivity contribution < 1.29 is 28.2 Å². The van der Waals surface area contributed by atoms with Crippen molar-refractivity contribution in [2.24, 2.45) is 0 Å². The van der Waals surface area contributed by atoms with E-state index in [-0.39, 0.29) is 23.7 Å². The highest BCUT2D eigenvalue weighted by atomic mass is 79.9. The number of nitrogens with one attached hydrogen (secondary N) is 2. The van der Waals surface area contributed by atoms with Crippen LogP contribution in [0.1, 0.15) is 5.56 Å². The maximum absolute atomic E-state index is 13.1. The Morgan fingerprint density at radius 3 is 2.39 bits per heavy atom. The van der Waals surface area contributed by atoms with Gasteiger partial charge in [-0.3, -0.25) is 9.59 Å². The molecule has 10 heteroatoms. The number of rotatable bonds is 9. The summed E-state index contributed by atoms with van der Waals surface area (Å²) < 4.78 is 29.8. The minimum absolute atomic E-state index is 0.182. The van der Waals surface area contributed by atoms with Crippen molar-refractivity contribution in [3.8, 4) is 23.3 Å². The van der Waals surface area contributed by atoms with Crippen molar-refractivity contribution in [1.82, 2.24) is 0 Å². The Labute approximate surface area is 215 Å². The summed E-state index contributed by atoms with van der Waals surface area (Å²) in [5.74, 6) is -0.469. The van der Waals surface area contributed by atoms with E-state index in [9.17, 15) is 19.2 Å². The van der Waals surface area contributed by atoms with Gasteiger partial charge in [0.15, 0.2) is 18.1 Å². The predicted octanol–water partition coefficient (Wildman–Crippen LogP) is 5.17. The zero-order chi connectivity index (χ0) is 26.1. The average Bonchev–Trinajstić information content (AvgIpc) is 2.87. The monoisotopic (exact) mass is 553 g/mol. The third-order valence-electron chi connectivity index (χ3n) is 4.76. The van der Waals surface area contributed by atoms with Crippen LogP contribution in [0.5, 0.6) is 17.2 Å². The van der Waals surface area contributed by atoms with Crippen molar-refractivity contribution in [1.29, 1.82) is 5.26 Å². The summed E-state index contributed by atoms with van der Waals surface area (Å²) in [5, 5.41) is 14.7. The maximum Gasteiger partial charge on any atom is 0.266 e. The molecule has 0 fully saturated rings. The number of ether oxygens (including phenoxy) is 3. The van der Waals surface area contributed by atoms with Crippen LogP contribution in [0.15, 0.2) is 70.7 Å². The fourth-order valence-electron chi connectivity index (χ4n) is 3.08. The molecule has 0 atom stereocenters. The Balaban J connectivity index is 1.74. The Bertz CT molecular complexity index is 1340. The fraction of sp³-hybridized carbons (Fsp3) is 0.115. The highest BCUT2D eigenvalue weighted by Gasteiger charge is 2.16. The standard InChI is InChI=1S/C26H21BrFN3O5/c1-34-22-6-4-3-5-21(22)31-24(32)15-36-25-20(27)12-16(13-23(25)35-2)11-17(14-29)26(33)30-19-9-7-18(28)8-10-19/h3-13H,15H2,1-2H3,(H,30,33)(H,31,32)/b17-11+. The van der Waals surface area contributed by atoms with E-state index < -0.39 is 17.6 Å². The highest BCUT2D eigenvalue weighted by molar-refractivity contribution is 9.10. The second-order valence-corrected chi connectivity index (χ2v) is 8.06. The van der Waals surface area contributed by atoms with Gasteiger partial charge in [-0.2, -0.15) is 5.26 Å². The predicted molar refractivity (Wildman–Crippen MR) is 136 cm³/mol. The number of anilines is 2. The molecule has 0 heterocycles. The minimum Gasteiger partial charge on any atom is -0.495 e. The number of carbonyl (C=O) groups excluding carboxylic acids is 2. The average molecular weight is 554 g/mol. The first-order valence-corrected chi connectivity index (χ1v) is 11.3. The van der Waals surface area contributed by atoms with Crippen LogP contribution in [0.2, 0.25) is 0 Å². The normalized spacial score (nSPS) is 10.7. The Kier molecular flexibility index (Phi) is 9.02. The van der Waals surface area contributed by atoms with Gasteiger partial charge in [0.1, 0.15) is 23.2 Å². The van der Waals surface area contributed by atoms with Crippen molar-refractivity contribution in [3.05, 3.63) is 82.1 Å². The van der Waals surface area contributed by atoms with Crippen LogP contribution in [0.3, 0.4) is 0 Å². The lowest BCUT2D eigenvalue weighted by Gasteiger charge is -2.14. The second kappa shape index (κ2) is 12.4. The molecule has 3 aromatic rings. The molecule has 0 saturated carbocycles. The summed E-state index contributed by atoms with van der Waals surface area (Å²) in [4.78, 5) is 24.9. The summed E-state index contributed by atoms with van der Waals surface area (Å²) in [6, 6.07) is 17.2. The molecule has 36 heavy (non-hydrogen) atoms. The van der Waals surface area contributed by atoms with Gasteiger partial charge < -0.3 is 24.8 Å². The van der Waals surface area contributed by atoms with E-state index in [1.165, 1.54) is 44.6 Å². The molecular weight excluding hydrogens is 533 g/mol. The first-order valence-electron chi connectivity index (χ1n) is 10.5. The molecule has 8 nitrogen and oxygen atoms in total. The van der Waals surface area contributed by atoms with E-state index in [0.29, 0.717) is 27.2 Å². The molecule has 3 aromatic carbocycles. The van der Waals surface area contributed by atoms with Crippen molar-refractivity contribution in [2.75, 3.05) is 31.5 Å². The molecule has 0 aromatic heterocycles. The molecule has 184 valence electrons. The summed E-state index contributed by atoms with van der Waals surface area (Å²) >= 11 is 3.38. The fourth-order valence-corrected chi connectivity index (χ4v) is 3.66. The molecule has 0 aliphatic carbocycles. The number of hydrogen-bond donors (Lipinski definition) is 2. The first kappa shape index (κ1) is 26.2. The number of hydrogen-bond acceptors (Lipinski definition) is 6. The molecule has 0 aliphatic heterocycles. The van der Waals surface area contributed by atoms with Gasteiger partial charge in [0, 0.05) is 5.69 Å². The van der Waals surface area contributed by atoms with Crippen LogP contribution in [0.4, 0.5) is 15.8 Å². The third-order valence-corrected chi connectivity index (χ3v) is 5.35. The van der Waals surface area contributed by atoms with E-state index in [0.717, 1.165) is 0 Å². The lowest BCUT2D eigenvalue weighted by molar-refractivity contribution is -0.118. The van der Waals surface area contributed by atoms with E-state index in [1.54, 1.807) is 36.4 Å². The molecule has 0 radical (unpaired) electrons. The van der Waals surface area contributed by atoms with Crippen LogP contribution in [0, 0.1) is 17.1 Å². The number of methoxy groups -OCH3 is 2. The van der Waals surface area contributed by atoms with Crippen LogP contribution < -0.4 is 24.8 Å². The summed E-state index contributed by atoms with van der Waals surface area (Å²) in [7, 11) is 2.92. The molecule has 2 amide bonds. The van der Waals surface area contributed by atoms with E-state index >= 15 is 0 Å². The SMILES string of the molecule is COc1ccccc1NC(=O)COc1c(Br)cc(/C=C(\C#N)C(=O)Nc2ccc(F)cc2)cc1OC. The summed E-state index contributed by atoms with van der Waals surface area (Å²) in [6.45, 7) is -0.314. The number of amides is 2. The summed E-state index contributed by atoms with van der Waals surface area (Å²) in [6.07, 6.45) is 1.37. The topological polar surface area (TPSA) is 110 Å². The molecule has 2 N–H and O–H groups in total. The number of para-hydroxylation sites is 2. The molecule has 0 bridgehead atoms. The van der Waals surface area contributed by atoms with Gasteiger partial charge in [0.05, 0.1) is 24.4 Å². The molecule has 0 spiro atoms.